The molecule has 0 spiro atoms. The van der Waals surface area contributed by atoms with E-state index in [9.17, 15) is 13.2 Å². The molecule has 1 N–H and O–H groups in total. The number of nitrogens with zero attached hydrogens (tertiary/aromatic N) is 2. The van der Waals surface area contributed by atoms with E-state index in [1.807, 2.05) is 31.2 Å². The van der Waals surface area contributed by atoms with Crippen molar-refractivity contribution in [3.63, 3.8) is 0 Å². The Balaban J connectivity index is 2.22. The summed E-state index contributed by atoms with van der Waals surface area (Å²) in [6, 6.07) is 10.5. The van der Waals surface area contributed by atoms with E-state index in [1.165, 1.54) is 0 Å². The molecular formula is C21H29N3O3S. The summed E-state index contributed by atoms with van der Waals surface area (Å²) in [5, 5.41) is 2.99. The molecule has 1 unspecified atom stereocenters. The van der Waals surface area contributed by atoms with Crippen LogP contribution in [0.1, 0.15) is 44.4 Å². The Hall–Kier alpha value is -2.41. The van der Waals surface area contributed by atoms with Gasteiger partial charge in [0.2, 0.25) is 15.9 Å². The van der Waals surface area contributed by atoms with Crippen molar-refractivity contribution in [3.8, 4) is 0 Å². The molecule has 152 valence electrons. The molecule has 1 aromatic carbocycles. The number of rotatable bonds is 7. The lowest BCUT2D eigenvalue weighted by Crippen LogP contribution is -2.42. The second-order valence-electron chi connectivity index (χ2n) is 8.28. The van der Waals surface area contributed by atoms with Gasteiger partial charge in [-0.3, -0.25) is 14.1 Å². The summed E-state index contributed by atoms with van der Waals surface area (Å²) in [6.45, 7) is 7.93. The van der Waals surface area contributed by atoms with Crippen LogP contribution >= 0.6 is 0 Å². The number of amides is 1. The zero-order chi connectivity index (χ0) is 20.9. The first kappa shape index (κ1) is 21.9. The molecule has 28 heavy (non-hydrogen) atoms. The number of aromatic nitrogens is 1. The quantitative estimate of drug-likeness (QED) is 0.768. The third kappa shape index (κ3) is 6.64. The van der Waals surface area contributed by atoms with Crippen LogP contribution in [0.2, 0.25) is 0 Å². The number of pyridine rings is 1. The van der Waals surface area contributed by atoms with Crippen LogP contribution in [0.5, 0.6) is 0 Å². The average Bonchev–Trinajstić information content (AvgIpc) is 2.59. The van der Waals surface area contributed by atoms with Crippen molar-refractivity contribution >= 4 is 21.6 Å². The van der Waals surface area contributed by atoms with Crippen molar-refractivity contribution in [1.29, 1.82) is 0 Å². The molecule has 1 atom stereocenters. The smallest absolute Gasteiger partial charge is 0.241 e. The van der Waals surface area contributed by atoms with Gasteiger partial charge in [-0.05, 0) is 42.5 Å². The average molecular weight is 404 g/mol. The molecule has 1 heterocycles. The monoisotopic (exact) mass is 403 g/mol. The number of carbonyl (C=O) groups is 1. The lowest BCUT2D eigenvalue weighted by atomic mass is 9.86. The number of carbonyl (C=O) groups excluding carboxylic acids is 1. The standard InChI is InChI=1S/C21H29N3O3S/c1-16-8-10-18(11-9-16)24(28(5,26)27)15-20(25)23-19(13-21(2,3)4)17-7-6-12-22-14-17/h6-12,14,19H,13,15H2,1-5H3,(H,23,25). The van der Waals surface area contributed by atoms with E-state index in [0.717, 1.165) is 21.7 Å². The van der Waals surface area contributed by atoms with E-state index in [0.29, 0.717) is 12.1 Å². The Kier molecular flexibility index (Phi) is 6.82. The Morgan fingerprint density at radius 3 is 2.32 bits per heavy atom. The predicted octanol–water partition coefficient (Wildman–Crippen LogP) is 3.45. The Morgan fingerprint density at radius 1 is 1.18 bits per heavy atom. The second-order valence-corrected chi connectivity index (χ2v) is 10.2. The summed E-state index contributed by atoms with van der Waals surface area (Å²) in [6.07, 6.45) is 5.22. The zero-order valence-electron chi connectivity index (χ0n) is 17.1. The maximum Gasteiger partial charge on any atom is 0.241 e. The van der Waals surface area contributed by atoms with Gasteiger partial charge in [-0.1, -0.05) is 44.5 Å². The van der Waals surface area contributed by atoms with Crippen LogP contribution in [0, 0.1) is 12.3 Å². The normalized spacial score (nSPS) is 13.0. The van der Waals surface area contributed by atoms with Gasteiger partial charge in [0.1, 0.15) is 6.54 Å². The number of hydrogen-bond donors (Lipinski definition) is 1. The number of anilines is 1. The molecule has 0 aliphatic heterocycles. The molecular weight excluding hydrogens is 374 g/mol. The van der Waals surface area contributed by atoms with E-state index in [1.54, 1.807) is 24.5 Å². The summed E-state index contributed by atoms with van der Waals surface area (Å²) in [7, 11) is -3.60. The van der Waals surface area contributed by atoms with Gasteiger partial charge in [0.15, 0.2) is 0 Å². The van der Waals surface area contributed by atoms with Crippen molar-refractivity contribution in [2.75, 3.05) is 17.1 Å². The molecule has 0 saturated heterocycles. The molecule has 0 radical (unpaired) electrons. The van der Waals surface area contributed by atoms with Gasteiger partial charge in [0, 0.05) is 12.4 Å². The van der Waals surface area contributed by atoms with Crippen molar-refractivity contribution < 1.29 is 13.2 Å². The van der Waals surface area contributed by atoms with Gasteiger partial charge in [-0.15, -0.1) is 0 Å². The largest absolute Gasteiger partial charge is 0.348 e. The third-order valence-electron chi connectivity index (χ3n) is 4.25. The van der Waals surface area contributed by atoms with E-state index in [2.05, 4.69) is 31.1 Å². The molecule has 0 aliphatic carbocycles. The Morgan fingerprint density at radius 2 is 1.82 bits per heavy atom. The van der Waals surface area contributed by atoms with E-state index < -0.39 is 10.0 Å². The molecule has 0 aliphatic rings. The number of sulfonamides is 1. The van der Waals surface area contributed by atoms with Crippen LogP contribution in [0.3, 0.4) is 0 Å². The summed E-state index contributed by atoms with van der Waals surface area (Å²) in [5.74, 6) is -0.357. The Bertz CT molecular complexity index is 889. The first-order chi connectivity index (χ1) is 13.0. The molecule has 0 bridgehead atoms. The van der Waals surface area contributed by atoms with Gasteiger partial charge in [-0.25, -0.2) is 8.42 Å². The fraction of sp³-hybridized carbons (Fsp3) is 0.429. The minimum Gasteiger partial charge on any atom is -0.348 e. The van der Waals surface area contributed by atoms with Crippen molar-refractivity contribution in [3.05, 3.63) is 59.9 Å². The molecule has 0 fully saturated rings. The molecule has 2 aromatic rings. The van der Waals surface area contributed by atoms with Crippen molar-refractivity contribution in [2.45, 2.75) is 40.2 Å². The SMILES string of the molecule is Cc1ccc(N(CC(=O)NC(CC(C)(C)C)c2cccnc2)S(C)(=O)=O)cc1. The molecule has 6 nitrogen and oxygen atoms in total. The fourth-order valence-corrected chi connectivity index (χ4v) is 3.78. The molecule has 1 aromatic heterocycles. The van der Waals surface area contributed by atoms with E-state index >= 15 is 0 Å². The predicted molar refractivity (Wildman–Crippen MR) is 113 cm³/mol. The summed E-state index contributed by atoms with van der Waals surface area (Å²) in [4.78, 5) is 16.9. The summed E-state index contributed by atoms with van der Waals surface area (Å²) in [5.41, 5.74) is 2.36. The van der Waals surface area contributed by atoms with Gasteiger partial charge < -0.3 is 5.32 Å². The van der Waals surface area contributed by atoms with Gasteiger partial charge >= 0.3 is 0 Å². The lowest BCUT2D eigenvalue weighted by molar-refractivity contribution is -0.120. The lowest BCUT2D eigenvalue weighted by Gasteiger charge is -2.28. The Labute approximate surface area is 168 Å². The van der Waals surface area contributed by atoms with E-state index in [4.69, 9.17) is 0 Å². The van der Waals surface area contributed by atoms with Crippen molar-refractivity contribution in [2.24, 2.45) is 5.41 Å². The first-order valence-electron chi connectivity index (χ1n) is 9.19. The second kappa shape index (κ2) is 8.73. The minimum absolute atomic E-state index is 0.0265. The fourth-order valence-electron chi connectivity index (χ4n) is 2.93. The molecule has 7 heteroatoms. The minimum atomic E-state index is -3.60. The highest BCUT2D eigenvalue weighted by atomic mass is 32.2. The zero-order valence-corrected chi connectivity index (χ0v) is 18.0. The van der Waals surface area contributed by atoms with Crippen LogP contribution in [0.25, 0.3) is 0 Å². The van der Waals surface area contributed by atoms with Gasteiger partial charge in [-0.2, -0.15) is 0 Å². The third-order valence-corrected chi connectivity index (χ3v) is 5.39. The van der Waals surface area contributed by atoms with Crippen molar-refractivity contribution in [1.82, 2.24) is 10.3 Å². The highest BCUT2D eigenvalue weighted by Crippen LogP contribution is 2.29. The maximum absolute atomic E-state index is 12.8. The number of nitrogens with one attached hydrogen (secondary N) is 1. The van der Waals surface area contributed by atoms with E-state index in [-0.39, 0.29) is 23.9 Å². The number of aryl methyl sites for hydroxylation is 1. The summed E-state index contributed by atoms with van der Waals surface area (Å²) < 4.78 is 25.7. The van der Waals surface area contributed by atoms with Gasteiger partial charge in [0.25, 0.3) is 0 Å². The van der Waals surface area contributed by atoms with Gasteiger partial charge in [0.05, 0.1) is 18.0 Å². The topological polar surface area (TPSA) is 79.4 Å². The van der Waals surface area contributed by atoms with Crippen LogP contribution in [0.15, 0.2) is 48.8 Å². The number of hydrogen-bond acceptors (Lipinski definition) is 4. The molecule has 1 amide bonds. The van der Waals surface area contributed by atoms with Crippen LogP contribution in [-0.2, 0) is 14.8 Å². The molecule has 2 rings (SSSR count). The van der Waals surface area contributed by atoms with Crippen LogP contribution in [-0.4, -0.2) is 32.1 Å². The maximum atomic E-state index is 12.8. The highest BCUT2D eigenvalue weighted by Gasteiger charge is 2.25. The van der Waals surface area contributed by atoms with Crippen LogP contribution in [0.4, 0.5) is 5.69 Å². The first-order valence-corrected chi connectivity index (χ1v) is 11.0. The van der Waals surface area contributed by atoms with Crippen LogP contribution < -0.4 is 9.62 Å². The molecule has 0 saturated carbocycles. The summed E-state index contributed by atoms with van der Waals surface area (Å²) >= 11 is 0. The highest BCUT2D eigenvalue weighted by molar-refractivity contribution is 7.92. The number of benzene rings is 1.